The molecule has 1 aromatic rings. The molecule has 2 rings (SSSR count). The first-order valence-electron chi connectivity index (χ1n) is 5.87. The Morgan fingerprint density at radius 1 is 1.31 bits per heavy atom. The van der Waals surface area contributed by atoms with Gasteiger partial charge in [-0.3, -0.25) is 0 Å². The van der Waals surface area contributed by atoms with Crippen LogP contribution in [-0.2, 0) is 11.3 Å². The van der Waals surface area contributed by atoms with Gasteiger partial charge in [0.15, 0.2) is 0 Å². The molecule has 1 fully saturated rings. The molecule has 1 saturated heterocycles. The van der Waals surface area contributed by atoms with Crippen LogP contribution in [-0.4, -0.2) is 19.7 Å². The zero-order valence-corrected chi connectivity index (χ0v) is 11.0. The summed E-state index contributed by atoms with van der Waals surface area (Å²) < 4.78 is 6.89. The second-order valence-corrected chi connectivity index (χ2v) is 5.25. The predicted molar refractivity (Wildman–Crippen MR) is 69.4 cm³/mol. The van der Waals surface area contributed by atoms with Crippen molar-refractivity contribution in [2.45, 2.75) is 19.4 Å². The third-order valence-corrected chi connectivity index (χ3v) is 3.46. The van der Waals surface area contributed by atoms with E-state index in [1.807, 2.05) is 12.1 Å². The van der Waals surface area contributed by atoms with E-state index in [2.05, 4.69) is 33.4 Å². The Hall–Kier alpha value is -0.380. The number of halogens is 1. The van der Waals surface area contributed by atoms with Crippen molar-refractivity contribution in [1.82, 2.24) is 5.32 Å². The molecule has 3 heteroatoms. The van der Waals surface area contributed by atoms with E-state index >= 15 is 0 Å². The number of piperidine rings is 1. The summed E-state index contributed by atoms with van der Waals surface area (Å²) in [5, 5.41) is 3.37. The van der Waals surface area contributed by atoms with Crippen molar-refractivity contribution in [1.29, 1.82) is 0 Å². The number of ether oxygens (including phenoxy) is 1. The average Bonchev–Trinajstić information content (AvgIpc) is 2.30. The highest BCUT2D eigenvalue weighted by Gasteiger charge is 2.12. The minimum absolute atomic E-state index is 0.726. The molecule has 1 N–H and O–H groups in total. The molecule has 1 aliphatic heterocycles. The second kappa shape index (κ2) is 6.38. The van der Waals surface area contributed by atoms with E-state index in [0.29, 0.717) is 0 Å². The van der Waals surface area contributed by atoms with Gasteiger partial charge in [0.25, 0.3) is 0 Å². The molecular formula is C13H18BrNO. The van der Waals surface area contributed by atoms with E-state index in [9.17, 15) is 0 Å². The molecular weight excluding hydrogens is 266 g/mol. The molecule has 1 heterocycles. The quantitative estimate of drug-likeness (QED) is 0.917. The number of benzene rings is 1. The molecule has 1 aliphatic rings. The zero-order valence-electron chi connectivity index (χ0n) is 9.42. The largest absolute Gasteiger partial charge is 0.376 e. The predicted octanol–water partition coefficient (Wildman–Crippen LogP) is 2.97. The van der Waals surface area contributed by atoms with Crippen molar-refractivity contribution in [3.8, 4) is 0 Å². The van der Waals surface area contributed by atoms with Gasteiger partial charge in [-0.25, -0.2) is 0 Å². The Bertz CT molecular complexity index is 323. The van der Waals surface area contributed by atoms with E-state index < -0.39 is 0 Å². The molecule has 0 aliphatic carbocycles. The van der Waals surface area contributed by atoms with Gasteiger partial charge in [0, 0.05) is 11.1 Å². The SMILES string of the molecule is Brc1cccc(COCC2CCNCC2)c1. The highest BCUT2D eigenvalue weighted by molar-refractivity contribution is 9.10. The molecule has 88 valence electrons. The summed E-state index contributed by atoms with van der Waals surface area (Å²) in [5.74, 6) is 0.744. The van der Waals surface area contributed by atoms with Crippen LogP contribution in [0.1, 0.15) is 18.4 Å². The Balaban J connectivity index is 1.71. The highest BCUT2D eigenvalue weighted by atomic mass is 79.9. The van der Waals surface area contributed by atoms with Crippen LogP contribution in [0, 0.1) is 5.92 Å². The van der Waals surface area contributed by atoms with Gasteiger partial charge >= 0.3 is 0 Å². The summed E-state index contributed by atoms with van der Waals surface area (Å²) >= 11 is 3.47. The maximum absolute atomic E-state index is 5.77. The minimum atomic E-state index is 0.726. The summed E-state index contributed by atoms with van der Waals surface area (Å²) in [6.45, 7) is 3.91. The van der Waals surface area contributed by atoms with E-state index in [-0.39, 0.29) is 0 Å². The third kappa shape index (κ3) is 3.89. The highest BCUT2D eigenvalue weighted by Crippen LogP contribution is 2.15. The van der Waals surface area contributed by atoms with Crippen LogP contribution >= 0.6 is 15.9 Å². The lowest BCUT2D eigenvalue weighted by molar-refractivity contribution is 0.0763. The van der Waals surface area contributed by atoms with Gasteiger partial charge in [-0.15, -0.1) is 0 Å². The lowest BCUT2D eigenvalue weighted by atomic mass is 9.99. The number of rotatable bonds is 4. The fraction of sp³-hybridized carbons (Fsp3) is 0.538. The number of hydrogen-bond donors (Lipinski definition) is 1. The molecule has 0 aromatic heterocycles. The first-order chi connectivity index (χ1) is 7.84. The molecule has 0 atom stereocenters. The molecule has 0 radical (unpaired) electrons. The van der Waals surface area contributed by atoms with E-state index in [4.69, 9.17) is 4.74 Å². The van der Waals surface area contributed by atoms with Crippen molar-refractivity contribution in [3.05, 3.63) is 34.3 Å². The fourth-order valence-corrected chi connectivity index (χ4v) is 2.47. The smallest absolute Gasteiger partial charge is 0.0717 e. The Kier molecular flexibility index (Phi) is 4.82. The first kappa shape index (κ1) is 12.1. The van der Waals surface area contributed by atoms with Gasteiger partial charge in [-0.05, 0) is 49.5 Å². The molecule has 0 spiro atoms. The van der Waals surface area contributed by atoms with Crippen molar-refractivity contribution < 1.29 is 4.74 Å². The van der Waals surface area contributed by atoms with Crippen molar-refractivity contribution >= 4 is 15.9 Å². The van der Waals surface area contributed by atoms with Crippen LogP contribution in [0.25, 0.3) is 0 Å². The monoisotopic (exact) mass is 283 g/mol. The number of nitrogens with one attached hydrogen (secondary N) is 1. The molecule has 0 saturated carbocycles. The van der Waals surface area contributed by atoms with Crippen LogP contribution in [0.4, 0.5) is 0 Å². The molecule has 0 amide bonds. The standard InChI is InChI=1S/C13H18BrNO/c14-13-3-1-2-12(8-13)10-16-9-11-4-6-15-7-5-11/h1-3,8,11,15H,4-7,9-10H2. The van der Waals surface area contributed by atoms with E-state index in [0.717, 1.165) is 36.7 Å². The van der Waals surface area contributed by atoms with E-state index in [1.165, 1.54) is 18.4 Å². The Morgan fingerprint density at radius 3 is 2.88 bits per heavy atom. The molecule has 1 aromatic carbocycles. The lowest BCUT2D eigenvalue weighted by Crippen LogP contribution is -2.29. The second-order valence-electron chi connectivity index (χ2n) is 4.34. The zero-order chi connectivity index (χ0) is 11.2. The lowest BCUT2D eigenvalue weighted by Gasteiger charge is -2.22. The normalized spacial score (nSPS) is 17.6. The van der Waals surface area contributed by atoms with Gasteiger partial charge in [0.05, 0.1) is 6.61 Å². The molecule has 2 nitrogen and oxygen atoms in total. The third-order valence-electron chi connectivity index (χ3n) is 2.97. The summed E-state index contributed by atoms with van der Waals surface area (Å²) in [5.41, 5.74) is 1.24. The number of hydrogen-bond acceptors (Lipinski definition) is 2. The van der Waals surface area contributed by atoms with Crippen LogP contribution in [0.15, 0.2) is 28.7 Å². The molecule has 0 unspecified atom stereocenters. The van der Waals surface area contributed by atoms with Crippen molar-refractivity contribution in [2.75, 3.05) is 19.7 Å². The van der Waals surface area contributed by atoms with Gasteiger partial charge in [-0.1, -0.05) is 28.1 Å². The summed E-state index contributed by atoms with van der Waals surface area (Å²) in [6, 6.07) is 8.30. The molecule has 0 bridgehead atoms. The van der Waals surface area contributed by atoms with Crippen molar-refractivity contribution in [2.24, 2.45) is 5.92 Å². The van der Waals surface area contributed by atoms with Gasteiger partial charge in [0.1, 0.15) is 0 Å². The van der Waals surface area contributed by atoms with E-state index in [1.54, 1.807) is 0 Å². The fourth-order valence-electron chi connectivity index (χ4n) is 2.02. The summed E-state index contributed by atoms with van der Waals surface area (Å²) in [4.78, 5) is 0. The summed E-state index contributed by atoms with van der Waals surface area (Å²) in [6.07, 6.45) is 2.50. The maximum atomic E-state index is 5.77. The first-order valence-corrected chi connectivity index (χ1v) is 6.67. The van der Waals surface area contributed by atoms with Gasteiger partial charge in [-0.2, -0.15) is 0 Å². The molecule has 16 heavy (non-hydrogen) atoms. The Labute approximate surface area is 106 Å². The maximum Gasteiger partial charge on any atom is 0.0717 e. The minimum Gasteiger partial charge on any atom is -0.376 e. The van der Waals surface area contributed by atoms with Crippen molar-refractivity contribution in [3.63, 3.8) is 0 Å². The summed E-state index contributed by atoms with van der Waals surface area (Å²) in [7, 11) is 0. The van der Waals surface area contributed by atoms with Crippen LogP contribution < -0.4 is 5.32 Å². The average molecular weight is 284 g/mol. The van der Waals surface area contributed by atoms with Crippen LogP contribution in [0.3, 0.4) is 0 Å². The van der Waals surface area contributed by atoms with Crippen LogP contribution in [0.5, 0.6) is 0 Å². The Morgan fingerprint density at radius 2 is 2.12 bits per heavy atom. The van der Waals surface area contributed by atoms with Crippen LogP contribution in [0.2, 0.25) is 0 Å². The van der Waals surface area contributed by atoms with Gasteiger partial charge < -0.3 is 10.1 Å². The topological polar surface area (TPSA) is 21.3 Å². The van der Waals surface area contributed by atoms with Gasteiger partial charge in [0.2, 0.25) is 0 Å².